The van der Waals surface area contributed by atoms with Gasteiger partial charge in [0.1, 0.15) is 5.75 Å². The van der Waals surface area contributed by atoms with Crippen molar-refractivity contribution >= 4 is 21.9 Å². The SMILES string of the molecule is COc1cc(C)c(Br)cc1CCCCCC(=O)O. The zero-order valence-electron chi connectivity index (χ0n) is 10.8. The molecule has 0 amide bonds. The van der Waals surface area contributed by atoms with Gasteiger partial charge in [-0.05, 0) is 49.4 Å². The number of halogens is 1. The summed E-state index contributed by atoms with van der Waals surface area (Å²) in [5.74, 6) is 0.194. The third kappa shape index (κ3) is 4.69. The van der Waals surface area contributed by atoms with Crippen LogP contribution in [0, 0.1) is 6.92 Å². The van der Waals surface area contributed by atoms with E-state index >= 15 is 0 Å². The molecule has 0 heterocycles. The highest BCUT2D eigenvalue weighted by Gasteiger charge is 2.06. The lowest BCUT2D eigenvalue weighted by Crippen LogP contribution is -1.96. The van der Waals surface area contributed by atoms with Crippen molar-refractivity contribution in [3.63, 3.8) is 0 Å². The van der Waals surface area contributed by atoms with Crippen LogP contribution in [-0.2, 0) is 11.2 Å². The van der Waals surface area contributed by atoms with E-state index in [4.69, 9.17) is 9.84 Å². The lowest BCUT2D eigenvalue weighted by molar-refractivity contribution is -0.137. The molecule has 0 atom stereocenters. The Labute approximate surface area is 116 Å². The molecular weight excluding hydrogens is 296 g/mol. The Bertz CT molecular complexity index is 416. The summed E-state index contributed by atoms with van der Waals surface area (Å²) in [4.78, 5) is 10.4. The van der Waals surface area contributed by atoms with Crippen LogP contribution in [-0.4, -0.2) is 18.2 Å². The summed E-state index contributed by atoms with van der Waals surface area (Å²) in [6, 6.07) is 4.11. The molecule has 0 aliphatic rings. The summed E-state index contributed by atoms with van der Waals surface area (Å²) in [6.07, 6.45) is 3.83. The number of carboxylic acids is 1. The largest absolute Gasteiger partial charge is 0.496 e. The Balaban J connectivity index is 2.51. The van der Waals surface area contributed by atoms with Crippen molar-refractivity contribution < 1.29 is 14.6 Å². The Hall–Kier alpha value is -1.03. The normalized spacial score (nSPS) is 10.4. The maximum absolute atomic E-state index is 10.4. The van der Waals surface area contributed by atoms with E-state index in [1.807, 2.05) is 13.0 Å². The van der Waals surface area contributed by atoms with Crippen LogP contribution in [0.1, 0.15) is 36.8 Å². The Kier molecular flexibility index (Phi) is 6.19. The highest BCUT2D eigenvalue weighted by Crippen LogP contribution is 2.28. The van der Waals surface area contributed by atoms with Gasteiger partial charge in [0.15, 0.2) is 0 Å². The highest BCUT2D eigenvalue weighted by molar-refractivity contribution is 9.10. The molecule has 0 aliphatic heterocycles. The van der Waals surface area contributed by atoms with E-state index in [0.717, 1.165) is 41.5 Å². The van der Waals surface area contributed by atoms with Gasteiger partial charge in [0.25, 0.3) is 0 Å². The molecule has 0 bridgehead atoms. The van der Waals surface area contributed by atoms with Crippen molar-refractivity contribution in [2.24, 2.45) is 0 Å². The molecule has 0 saturated carbocycles. The van der Waals surface area contributed by atoms with Crippen LogP contribution in [0.15, 0.2) is 16.6 Å². The molecule has 0 unspecified atom stereocenters. The van der Waals surface area contributed by atoms with Gasteiger partial charge in [0.05, 0.1) is 7.11 Å². The monoisotopic (exact) mass is 314 g/mol. The van der Waals surface area contributed by atoms with Crippen LogP contribution in [0.5, 0.6) is 5.75 Å². The van der Waals surface area contributed by atoms with Crippen molar-refractivity contribution in [1.29, 1.82) is 0 Å². The predicted molar refractivity (Wildman–Crippen MR) is 75.2 cm³/mol. The first-order valence-electron chi connectivity index (χ1n) is 6.09. The number of benzene rings is 1. The summed E-state index contributed by atoms with van der Waals surface area (Å²) in [5.41, 5.74) is 2.33. The summed E-state index contributed by atoms with van der Waals surface area (Å²) < 4.78 is 6.45. The zero-order chi connectivity index (χ0) is 13.5. The number of rotatable bonds is 7. The Morgan fingerprint density at radius 2 is 2.06 bits per heavy atom. The fourth-order valence-corrected chi connectivity index (χ4v) is 2.24. The summed E-state index contributed by atoms with van der Waals surface area (Å²) in [7, 11) is 1.68. The predicted octanol–water partition coefficient (Wildman–Crippen LogP) is 3.95. The minimum atomic E-state index is -0.717. The van der Waals surface area contributed by atoms with Crippen molar-refractivity contribution in [2.45, 2.75) is 39.0 Å². The number of carbonyl (C=O) groups is 1. The van der Waals surface area contributed by atoms with Crippen LogP contribution >= 0.6 is 15.9 Å². The molecule has 18 heavy (non-hydrogen) atoms. The fraction of sp³-hybridized carbons (Fsp3) is 0.500. The molecule has 0 fully saturated rings. The van der Waals surface area contributed by atoms with Crippen LogP contribution in [0.25, 0.3) is 0 Å². The van der Waals surface area contributed by atoms with Gasteiger partial charge in [-0.2, -0.15) is 0 Å². The van der Waals surface area contributed by atoms with Crippen molar-refractivity contribution in [2.75, 3.05) is 7.11 Å². The second kappa shape index (κ2) is 7.41. The summed E-state index contributed by atoms with van der Waals surface area (Å²) in [5, 5.41) is 8.55. The third-order valence-electron chi connectivity index (χ3n) is 2.90. The standard InChI is InChI=1S/C14H19BrO3/c1-10-8-13(18-2)11(9-12(10)15)6-4-3-5-7-14(16)17/h8-9H,3-7H2,1-2H3,(H,16,17). The van der Waals surface area contributed by atoms with E-state index in [9.17, 15) is 4.79 Å². The number of aryl methyl sites for hydroxylation is 2. The first-order chi connectivity index (χ1) is 8.54. The molecule has 0 aliphatic carbocycles. The second-order valence-electron chi connectivity index (χ2n) is 4.37. The van der Waals surface area contributed by atoms with Crippen molar-refractivity contribution in [3.8, 4) is 5.75 Å². The lowest BCUT2D eigenvalue weighted by Gasteiger charge is -2.11. The lowest BCUT2D eigenvalue weighted by atomic mass is 10.0. The Morgan fingerprint density at radius 1 is 1.33 bits per heavy atom. The van der Waals surface area contributed by atoms with Gasteiger partial charge in [0, 0.05) is 10.9 Å². The maximum atomic E-state index is 10.4. The van der Waals surface area contributed by atoms with Crippen LogP contribution in [0.2, 0.25) is 0 Å². The fourth-order valence-electron chi connectivity index (χ4n) is 1.85. The molecular formula is C14H19BrO3. The van der Waals surface area contributed by atoms with E-state index < -0.39 is 5.97 Å². The van der Waals surface area contributed by atoms with E-state index in [1.165, 1.54) is 5.56 Å². The van der Waals surface area contributed by atoms with E-state index in [-0.39, 0.29) is 6.42 Å². The van der Waals surface area contributed by atoms with Gasteiger partial charge >= 0.3 is 5.97 Å². The smallest absolute Gasteiger partial charge is 0.303 e. The molecule has 1 aromatic rings. The summed E-state index contributed by atoms with van der Waals surface area (Å²) in [6.45, 7) is 2.03. The van der Waals surface area contributed by atoms with Gasteiger partial charge < -0.3 is 9.84 Å². The highest BCUT2D eigenvalue weighted by atomic mass is 79.9. The van der Waals surface area contributed by atoms with E-state index in [0.29, 0.717) is 0 Å². The van der Waals surface area contributed by atoms with Gasteiger partial charge in [-0.15, -0.1) is 0 Å². The molecule has 0 aromatic heterocycles. The molecule has 1 rings (SSSR count). The number of hydrogen-bond donors (Lipinski definition) is 1. The maximum Gasteiger partial charge on any atom is 0.303 e. The van der Waals surface area contributed by atoms with Crippen molar-refractivity contribution in [1.82, 2.24) is 0 Å². The molecule has 1 aromatic carbocycles. The average Bonchev–Trinajstić information content (AvgIpc) is 2.32. The minimum Gasteiger partial charge on any atom is -0.496 e. The third-order valence-corrected chi connectivity index (χ3v) is 3.75. The minimum absolute atomic E-state index is 0.259. The van der Waals surface area contributed by atoms with Crippen LogP contribution in [0.3, 0.4) is 0 Å². The molecule has 4 heteroatoms. The first-order valence-corrected chi connectivity index (χ1v) is 6.88. The second-order valence-corrected chi connectivity index (χ2v) is 5.22. The molecule has 3 nitrogen and oxygen atoms in total. The topological polar surface area (TPSA) is 46.5 Å². The molecule has 100 valence electrons. The van der Waals surface area contributed by atoms with Gasteiger partial charge in [-0.25, -0.2) is 0 Å². The number of hydrogen-bond acceptors (Lipinski definition) is 2. The molecule has 0 radical (unpaired) electrons. The number of ether oxygens (including phenoxy) is 1. The average molecular weight is 315 g/mol. The number of aliphatic carboxylic acids is 1. The van der Waals surface area contributed by atoms with Crippen LogP contribution < -0.4 is 4.74 Å². The van der Waals surface area contributed by atoms with Crippen molar-refractivity contribution in [3.05, 3.63) is 27.7 Å². The molecule has 1 N–H and O–H groups in total. The van der Waals surface area contributed by atoms with Gasteiger partial charge in [0.2, 0.25) is 0 Å². The number of methoxy groups -OCH3 is 1. The van der Waals surface area contributed by atoms with Crippen LogP contribution in [0.4, 0.5) is 0 Å². The number of unbranched alkanes of at least 4 members (excludes halogenated alkanes) is 2. The molecule has 0 saturated heterocycles. The quantitative estimate of drug-likeness (QED) is 0.775. The van der Waals surface area contributed by atoms with Gasteiger partial charge in [-0.1, -0.05) is 22.4 Å². The zero-order valence-corrected chi connectivity index (χ0v) is 12.4. The number of carboxylic acid groups (broad SMARTS) is 1. The Morgan fingerprint density at radius 3 is 2.67 bits per heavy atom. The van der Waals surface area contributed by atoms with E-state index in [1.54, 1.807) is 7.11 Å². The first kappa shape index (κ1) is 15.0. The van der Waals surface area contributed by atoms with E-state index in [2.05, 4.69) is 22.0 Å². The summed E-state index contributed by atoms with van der Waals surface area (Å²) >= 11 is 3.52. The molecule has 0 spiro atoms. The van der Waals surface area contributed by atoms with Gasteiger partial charge in [-0.3, -0.25) is 4.79 Å².